The summed E-state index contributed by atoms with van der Waals surface area (Å²) >= 11 is 0. The zero-order chi connectivity index (χ0) is 11.6. The van der Waals surface area contributed by atoms with Crippen LogP contribution in [0, 0.1) is 0 Å². The molecule has 0 spiro atoms. The van der Waals surface area contributed by atoms with Gasteiger partial charge in [0.2, 0.25) is 5.91 Å². The Balaban J connectivity index is 3.20. The van der Waals surface area contributed by atoms with Gasteiger partial charge in [-0.2, -0.15) is 0 Å². The molecule has 1 rings (SSSR count). The third-order valence-electron chi connectivity index (χ3n) is 2.12. The highest BCUT2D eigenvalue weighted by atomic mass is 16.3. The number of anilines is 1. The summed E-state index contributed by atoms with van der Waals surface area (Å²) in [7, 11) is 0. The number of benzene rings is 1. The van der Waals surface area contributed by atoms with Gasteiger partial charge in [-0.05, 0) is 29.2 Å². The molecule has 3 nitrogen and oxygen atoms in total. The predicted octanol–water partition coefficient (Wildman–Crippen LogP) is 2.65. The second-order valence-corrected chi connectivity index (χ2v) is 4.66. The molecule has 0 radical (unpaired) electrons. The lowest BCUT2D eigenvalue weighted by atomic mass is 9.85. The van der Waals surface area contributed by atoms with Crippen molar-refractivity contribution in [1.82, 2.24) is 0 Å². The lowest BCUT2D eigenvalue weighted by molar-refractivity contribution is -0.114. The van der Waals surface area contributed by atoms with Gasteiger partial charge in [-0.15, -0.1) is 0 Å². The number of carbonyl (C=O) groups is 1. The van der Waals surface area contributed by atoms with Crippen LogP contribution < -0.4 is 5.32 Å². The van der Waals surface area contributed by atoms with Crippen molar-refractivity contribution in [3.05, 3.63) is 23.8 Å². The average molecular weight is 207 g/mol. The average Bonchev–Trinajstić information content (AvgIpc) is 2.05. The molecule has 0 atom stereocenters. The predicted molar refractivity (Wildman–Crippen MR) is 61.1 cm³/mol. The van der Waals surface area contributed by atoms with E-state index in [2.05, 4.69) is 5.32 Å². The van der Waals surface area contributed by atoms with E-state index in [1.54, 1.807) is 18.2 Å². The largest absolute Gasteiger partial charge is 0.508 e. The lowest BCUT2D eigenvalue weighted by Gasteiger charge is -2.23. The zero-order valence-corrected chi connectivity index (χ0v) is 9.59. The number of amides is 1. The lowest BCUT2D eigenvalue weighted by Crippen LogP contribution is -2.16. The quantitative estimate of drug-likeness (QED) is 0.695. The van der Waals surface area contributed by atoms with Crippen LogP contribution in [0.3, 0.4) is 0 Å². The molecule has 1 aromatic rings. The SMILES string of the molecule is CC(=O)Nc1ccc(O)cc1C(C)(C)C. The van der Waals surface area contributed by atoms with Crippen molar-refractivity contribution >= 4 is 11.6 Å². The maximum atomic E-state index is 11.0. The fourth-order valence-electron chi connectivity index (χ4n) is 1.45. The van der Waals surface area contributed by atoms with Crippen LogP contribution in [0.25, 0.3) is 0 Å². The number of hydrogen-bond donors (Lipinski definition) is 2. The van der Waals surface area contributed by atoms with E-state index in [1.165, 1.54) is 6.92 Å². The minimum absolute atomic E-state index is 0.105. The number of rotatable bonds is 1. The molecule has 0 aliphatic carbocycles. The number of aromatic hydroxyl groups is 1. The van der Waals surface area contributed by atoms with Crippen molar-refractivity contribution in [3.63, 3.8) is 0 Å². The molecule has 0 saturated heterocycles. The van der Waals surface area contributed by atoms with Crippen LogP contribution in [0.2, 0.25) is 0 Å². The smallest absolute Gasteiger partial charge is 0.221 e. The summed E-state index contributed by atoms with van der Waals surface area (Å²) in [5.74, 6) is 0.111. The van der Waals surface area contributed by atoms with E-state index in [-0.39, 0.29) is 17.1 Å². The summed E-state index contributed by atoms with van der Waals surface area (Å²) < 4.78 is 0. The molecule has 0 aliphatic rings. The van der Waals surface area contributed by atoms with Crippen LogP contribution >= 0.6 is 0 Å². The highest BCUT2D eigenvalue weighted by Crippen LogP contribution is 2.32. The van der Waals surface area contributed by atoms with Crippen LogP contribution in [-0.4, -0.2) is 11.0 Å². The van der Waals surface area contributed by atoms with E-state index in [4.69, 9.17) is 0 Å². The molecular weight excluding hydrogens is 190 g/mol. The summed E-state index contributed by atoms with van der Waals surface area (Å²) in [6.45, 7) is 7.58. The molecule has 0 aromatic heterocycles. The molecule has 1 amide bonds. The number of carbonyl (C=O) groups excluding carboxylic acids is 1. The molecule has 82 valence electrons. The van der Waals surface area contributed by atoms with E-state index in [1.807, 2.05) is 20.8 Å². The van der Waals surface area contributed by atoms with Crippen molar-refractivity contribution in [3.8, 4) is 5.75 Å². The Morgan fingerprint density at radius 2 is 1.93 bits per heavy atom. The second-order valence-electron chi connectivity index (χ2n) is 4.66. The molecule has 2 N–H and O–H groups in total. The van der Waals surface area contributed by atoms with Gasteiger partial charge in [0.15, 0.2) is 0 Å². The maximum Gasteiger partial charge on any atom is 0.221 e. The van der Waals surface area contributed by atoms with Crippen molar-refractivity contribution in [2.45, 2.75) is 33.1 Å². The molecule has 0 saturated carbocycles. The van der Waals surface area contributed by atoms with E-state index >= 15 is 0 Å². The molecule has 1 aromatic carbocycles. The third kappa shape index (κ3) is 2.98. The molecule has 0 bridgehead atoms. The molecule has 0 heterocycles. The second kappa shape index (κ2) is 3.93. The van der Waals surface area contributed by atoms with Crippen LogP contribution in [-0.2, 0) is 10.2 Å². The fourth-order valence-corrected chi connectivity index (χ4v) is 1.45. The Morgan fingerprint density at radius 3 is 2.40 bits per heavy atom. The number of nitrogens with one attached hydrogen (secondary N) is 1. The van der Waals surface area contributed by atoms with Crippen LogP contribution in [0.1, 0.15) is 33.3 Å². The third-order valence-corrected chi connectivity index (χ3v) is 2.12. The highest BCUT2D eigenvalue weighted by molar-refractivity contribution is 5.89. The summed E-state index contributed by atoms with van der Waals surface area (Å²) in [6, 6.07) is 4.98. The molecule has 0 aliphatic heterocycles. The Hall–Kier alpha value is -1.51. The fraction of sp³-hybridized carbons (Fsp3) is 0.417. The van der Waals surface area contributed by atoms with Gasteiger partial charge in [-0.1, -0.05) is 20.8 Å². The monoisotopic (exact) mass is 207 g/mol. The van der Waals surface area contributed by atoms with Crippen molar-refractivity contribution in [2.24, 2.45) is 0 Å². The van der Waals surface area contributed by atoms with E-state index < -0.39 is 0 Å². The topological polar surface area (TPSA) is 49.3 Å². The zero-order valence-electron chi connectivity index (χ0n) is 9.59. The molecule has 15 heavy (non-hydrogen) atoms. The summed E-state index contributed by atoms with van der Waals surface area (Å²) in [5, 5.41) is 12.2. The summed E-state index contributed by atoms with van der Waals surface area (Å²) in [4.78, 5) is 11.0. The van der Waals surface area contributed by atoms with Crippen molar-refractivity contribution < 1.29 is 9.90 Å². The number of phenols is 1. The number of hydrogen-bond acceptors (Lipinski definition) is 2. The van der Waals surface area contributed by atoms with Gasteiger partial charge in [0, 0.05) is 12.6 Å². The van der Waals surface area contributed by atoms with Crippen LogP contribution in [0.5, 0.6) is 5.75 Å². The van der Waals surface area contributed by atoms with Gasteiger partial charge in [0.25, 0.3) is 0 Å². The first-order chi connectivity index (χ1) is 6.80. The maximum absolute atomic E-state index is 11.0. The number of phenolic OH excluding ortho intramolecular Hbond substituents is 1. The van der Waals surface area contributed by atoms with Gasteiger partial charge < -0.3 is 10.4 Å². The Kier molecular flexibility index (Phi) is 3.03. The highest BCUT2D eigenvalue weighted by Gasteiger charge is 2.18. The minimum Gasteiger partial charge on any atom is -0.508 e. The summed E-state index contributed by atoms with van der Waals surface area (Å²) in [6.07, 6.45) is 0. The molecular formula is C12H17NO2. The first-order valence-corrected chi connectivity index (χ1v) is 4.92. The Labute approximate surface area is 90.1 Å². The first-order valence-electron chi connectivity index (χ1n) is 4.92. The molecule has 0 fully saturated rings. The van der Waals surface area contributed by atoms with Crippen LogP contribution in [0.4, 0.5) is 5.69 Å². The van der Waals surface area contributed by atoms with Gasteiger partial charge >= 0.3 is 0 Å². The normalized spacial score (nSPS) is 11.2. The molecule has 0 unspecified atom stereocenters. The minimum atomic E-state index is -0.115. The standard InChI is InChI=1S/C12H17NO2/c1-8(14)13-11-6-5-9(15)7-10(11)12(2,3)4/h5-7,15H,1-4H3,(H,13,14). The van der Waals surface area contributed by atoms with Gasteiger partial charge in [0.05, 0.1) is 0 Å². The van der Waals surface area contributed by atoms with Crippen LogP contribution in [0.15, 0.2) is 18.2 Å². The Morgan fingerprint density at radius 1 is 1.33 bits per heavy atom. The van der Waals surface area contributed by atoms with E-state index in [0.717, 1.165) is 11.3 Å². The van der Waals surface area contributed by atoms with Crippen molar-refractivity contribution in [2.75, 3.05) is 5.32 Å². The van der Waals surface area contributed by atoms with Crippen molar-refractivity contribution in [1.29, 1.82) is 0 Å². The van der Waals surface area contributed by atoms with Gasteiger partial charge in [-0.25, -0.2) is 0 Å². The summed E-state index contributed by atoms with van der Waals surface area (Å²) in [5.41, 5.74) is 1.57. The van der Waals surface area contributed by atoms with E-state index in [9.17, 15) is 9.90 Å². The van der Waals surface area contributed by atoms with Gasteiger partial charge in [-0.3, -0.25) is 4.79 Å². The van der Waals surface area contributed by atoms with Gasteiger partial charge in [0.1, 0.15) is 5.75 Å². The Bertz CT molecular complexity index is 378. The molecule has 3 heteroatoms. The first kappa shape index (κ1) is 11.6. The van der Waals surface area contributed by atoms with E-state index in [0.29, 0.717) is 0 Å².